The van der Waals surface area contributed by atoms with Gasteiger partial charge in [-0.1, -0.05) is 0 Å². The van der Waals surface area contributed by atoms with Gasteiger partial charge in [-0.15, -0.1) is 0 Å². The van der Waals surface area contributed by atoms with E-state index in [0.29, 0.717) is 5.56 Å². The number of aromatic nitrogens is 2. The monoisotopic (exact) mass is 298 g/mol. The van der Waals surface area contributed by atoms with Gasteiger partial charge in [-0.25, -0.2) is 0 Å². The van der Waals surface area contributed by atoms with Crippen molar-refractivity contribution in [1.29, 1.82) is 0 Å². The fourth-order valence-corrected chi connectivity index (χ4v) is 3.40. The number of carbonyl (C=O) groups excluding carboxylic acids is 1. The zero-order valence-electron chi connectivity index (χ0n) is 14.0. The molecule has 1 aliphatic rings. The van der Waals surface area contributed by atoms with E-state index in [1.807, 2.05) is 19.1 Å². The van der Waals surface area contributed by atoms with Crippen LogP contribution in [0.1, 0.15) is 50.5 Å². The average Bonchev–Trinajstić information content (AvgIpc) is 2.89. The first-order valence-electron chi connectivity index (χ1n) is 7.56. The van der Waals surface area contributed by atoms with Crippen LogP contribution in [0.5, 0.6) is 0 Å². The van der Waals surface area contributed by atoms with Crippen LogP contribution in [0.3, 0.4) is 0 Å². The van der Waals surface area contributed by atoms with Crippen LogP contribution >= 0.6 is 0 Å². The molecule has 4 heteroatoms. The van der Waals surface area contributed by atoms with Gasteiger partial charge in [0, 0.05) is 18.0 Å². The van der Waals surface area contributed by atoms with E-state index < -0.39 is 0 Å². The number of nitrogens with zero attached hydrogens (tertiary/aromatic N) is 2. The lowest BCUT2D eigenvalue weighted by Gasteiger charge is -2.50. The molecule has 3 heterocycles. The van der Waals surface area contributed by atoms with E-state index in [-0.39, 0.29) is 27.9 Å². The summed E-state index contributed by atoms with van der Waals surface area (Å²) in [4.78, 5) is 24.4. The second-order valence-corrected chi connectivity index (χ2v) is 7.15. The molecule has 22 heavy (non-hydrogen) atoms. The van der Waals surface area contributed by atoms with Crippen LogP contribution < -0.4 is 5.43 Å². The Balaban J connectivity index is 2.51. The van der Waals surface area contributed by atoms with Crippen molar-refractivity contribution in [3.8, 4) is 11.4 Å². The number of carbonyl (C=O) groups is 1. The fourth-order valence-electron chi connectivity index (χ4n) is 3.40. The summed E-state index contributed by atoms with van der Waals surface area (Å²) < 4.78 is 4.33. The Kier molecular flexibility index (Phi) is 2.84. The van der Waals surface area contributed by atoms with Crippen molar-refractivity contribution < 1.29 is 4.79 Å². The molecule has 0 aromatic carbocycles. The van der Waals surface area contributed by atoms with E-state index in [1.165, 1.54) is 6.92 Å². The van der Waals surface area contributed by atoms with Crippen molar-refractivity contribution in [3.63, 3.8) is 0 Å². The Morgan fingerprint density at radius 2 is 1.68 bits per heavy atom. The predicted molar refractivity (Wildman–Crippen MR) is 87.5 cm³/mol. The maximum absolute atomic E-state index is 12.5. The molecule has 0 bridgehead atoms. The summed E-state index contributed by atoms with van der Waals surface area (Å²) >= 11 is 0. The van der Waals surface area contributed by atoms with Crippen molar-refractivity contribution >= 4 is 5.78 Å². The summed E-state index contributed by atoms with van der Waals surface area (Å²) in [6.07, 6.45) is 3.80. The molecule has 116 valence electrons. The quantitative estimate of drug-likeness (QED) is 0.758. The van der Waals surface area contributed by atoms with Crippen LogP contribution in [0, 0.1) is 6.92 Å². The summed E-state index contributed by atoms with van der Waals surface area (Å²) in [7, 11) is 0. The van der Waals surface area contributed by atoms with Crippen LogP contribution in [0.25, 0.3) is 11.4 Å². The third-order valence-corrected chi connectivity index (χ3v) is 5.51. The Bertz CT molecular complexity index is 850. The van der Waals surface area contributed by atoms with Gasteiger partial charge in [-0.05, 0) is 53.7 Å². The Morgan fingerprint density at radius 1 is 1.09 bits per heavy atom. The van der Waals surface area contributed by atoms with Crippen LogP contribution in [0.15, 0.2) is 29.3 Å². The van der Waals surface area contributed by atoms with Gasteiger partial charge in [0.25, 0.3) is 0 Å². The molecule has 3 rings (SSSR count). The van der Waals surface area contributed by atoms with Gasteiger partial charge in [-0.2, -0.15) is 0 Å². The lowest BCUT2D eigenvalue weighted by atomic mass is 9.78. The molecule has 4 nitrogen and oxygen atoms in total. The van der Waals surface area contributed by atoms with Gasteiger partial charge in [0.1, 0.15) is 0 Å². The largest absolute Gasteiger partial charge is 0.338 e. The number of hydrogen-bond donors (Lipinski definition) is 0. The highest BCUT2D eigenvalue weighted by Crippen LogP contribution is 2.45. The SMILES string of the molecule is CC(=O)c1cn2c(c(C)c1=O)-c1cccn1C(C)(C)C2(C)C. The first kappa shape index (κ1) is 14.8. The minimum atomic E-state index is -0.281. The molecule has 0 N–H and O–H groups in total. The molecular formula is C18H22N2O2. The number of ketones is 1. The lowest BCUT2D eigenvalue weighted by Crippen LogP contribution is -2.53. The van der Waals surface area contributed by atoms with Gasteiger partial charge < -0.3 is 9.13 Å². The predicted octanol–water partition coefficient (Wildman–Crippen LogP) is 3.31. The maximum Gasteiger partial charge on any atom is 0.195 e. The van der Waals surface area contributed by atoms with Gasteiger partial charge in [-0.3, -0.25) is 9.59 Å². The molecule has 0 radical (unpaired) electrons. The molecule has 2 aromatic rings. The molecule has 2 aromatic heterocycles. The third kappa shape index (κ3) is 1.58. The topological polar surface area (TPSA) is 44.0 Å². The van der Waals surface area contributed by atoms with Crippen LogP contribution in [-0.4, -0.2) is 14.9 Å². The highest BCUT2D eigenvalue weighted by atomic mass is 16.1. The van der Waals surface area contributed by atoms with Gasteiger partial charge in [0.05, 0.1) is 28.0 Å². The first-order chi connectivity index (χ1) is 10.1. The van der Waals surface area contributed by atoms with Crippen LogP contribution in [0.4, 0.5) is 0 Å². The normalized spacial score (nSPS) is 17.7. The summed E-state index contributed by atoms with van der Waals surface area (Å²) in [5, 5.41) is 0. The van der Waals surface area contributed by atoms with Crippen LogP contribution in [0.2, 0.25) is 0 Å². The summed E-state index contributed by atoms with van der Waals surface area (Å²) in [6, 6.07) is 4.04. The molecule has 0 unspecified atom stereocenters. The van der Waals surface area contributed by atoms with Gasteiger partial charge >= 0.3 is 0 Å². The molecule has 0 saturated carbocycles. The molecular weight excluding hydrogens is 276 g/mol. The lowest BCUT2D eigenvalue weighted by molar-refractivity contribution is 0.100. The number of hydrogen-bond acceptors (Lipinski definition) is 2. The highest BCUT2D eigenvalue weighted by molar-refractivity contribution is 5.94. The Hall–Kier alpha value is -2.10. The summed E-state index contributed by atoms with van der Waals surface area (Å²) in [5.41, 5.74) is 2.20. The third-order valence-electron chi connectivity index (χ3n) is 5.51. The van der Waals surface area contributed by atoms with E-state index in [0.717, 1.165) is 11.4 Å². The van der Waals surface area contributed by atoms with Crippen LogP contribution in [-0.2, 0) is 11.1 Å². The molecule has 0 spiro atoms. The van der Waals surface area contributed by atoms with Crippen molar-refractivity contribution in [1.82, 2.24) is 9.13 Å². The summed E-state index contributed by atoms with van der Waals surface area (Å²) in [6.45, 7) is 11.9. The number of Topliss-reactive ketones (excluding diaryl/α,β-unsaturated/α-hetero) is 1. The van der Waals surface area contributed by atoms with Crippen molar-refractivity contribution in [2.75, 3.05) is 0 Å². The van der Waals surface area contributed by atoms with Crippen molar-refractivity contribution in [3.05, 3.63) is 45.9 Å². The second-order valence-electron chi connectivity index (χ2n) is 7.15. The van der Waals surface area contributed by atoms with Gasteiger partial charge in [0.2, 0.25) is 0 Å². The Morgan fingerprint density at radius 3 is 2.27 bits per heavy atom. The first-order valence-corrected chi connectivity index (χ1v) is 7.56. The zero-order valence-corrected chi connectivity index (χ0v) is 14.0. The molecule has 0 fully saturated rings. The Labute approximate surface area is 130 Å². The molecule has 1 aliphatic heterocycles. The minimum Gasteiger partial charge on any atom is -0.338 e. The maximum atomic E-state index is 12.5. The molecule has 0 amide bonds. The van der Waals surface area contributed by atoms with E-state index in [9.17, 15) is 9.59 Å². The standard InChI is InChI=1S/C18H22N2O2/c1-11-15-14-8-7-9-19(14)17(3,4)18(5,6)20(15)10-13(12(2)21)16(11)22/h7-10H,1-6H3. The van der Waals surface area contributed by atoms with E-state index >= 15 is 0 Å². The molecule has 0 atom stereocenters. The van der Waals surface area contributed by atoms with E-state index in [4.69, 9.17) is 0 Å². The number of pyridine rings is 1. The van der Waals surface area contributed by atoms with Gasteiger partial charge in [0.15, 0.2) is 11.2 Å². The fraction of sp³-hybridized carbons (Fsp3) is 0.444. The molecule has 0 saturated heterocycles. The van der Waals surface area contributed by atoms with E-state index in [1.54, 1.807) is 6.20 Å². The van der Waals surface area contributed by atoms with Crippen molar-refractivity contribution in [2.24, 2.45) is 0 Å². The number of rotatable bonds is 1. The number of fused-ring (bicyclic) bond motifs is 3. The average molecular weight is 298 g/mol. The minimum absolute atomic E-state index is 0.165. The van der Waals surface area contributed by atoms with E-state index in [2.05, 4.69) is 43.0 Å². The highest BCUT2D eigenvalue weighted by Gasteiger charge is 2.45. The smallest absolute Gasteiger partial charge is 0.195 e. The zero-order chi connectivity index (χ0) is 16.4. The molecule has 0 aliphatic carbocycles. The van der Waals surface area contributed by atoms with Crippen molar-refractivity contribution in [2.45, 2.75) is 52.6 Å². The summed E-state index contributed by atoms with van der Waals surface area (Å²) in [5.74, 6) is -0.182. The second kappa shape index (κ2) is 4.22.